The van der Waals surface area contributed by atoms with Gasteiger partial charge in [-0.05, 0) is 73.7 Å². The Labute approximate surface area is 231 Å². The van der Waals surface area contributed by atoms with Crippen LogP contribution in [-0.2, 0) is 19.6 Å². The first kappa shape index (κ1) is 29.2. The van der Waals surface area contributed by atoms with E-state index in [-0.39, 0.29) is 29.5 Å². The Balaban J connectivity index is 1.44. The van der Waals surface area contributed by atoms with Gasteiger partial charge in [-0.2, -0.15) is 4.31 Å². The lowest BCUT2D eigenvalue weighted by atomic mass is 10.0. The van der Waals surface area contributed by atoms with Gasteiger partial charge >= 0.3 is 0 Å². The summed E-state index contributed by atoms with van der Waals surface area (Å²) in [6.45, 7) is 3.43. The Morgan fingerprint density at radius 2 is 1.88 bits per heavy atom. The van der Waals surface area contributed by atoms with Crippen molar-refractivity contribution in [2.75, 3.05) is 20.2 Å². The molecular formula is C28H32FN3O7S. The molecular weight excluding hydrogens is 541 g/mol. The van der Waals surface area contributed by atoms with E-state index in [1.165, 1.54) is 7.11 Å². The number of furan rings is 1. The summed E-state index contributed by atoms with van der Waals surface area (Å²) in [7, 11) is -2.49. The zero-order valence-electron chi connectivity index (χ0n) is 22.5. The smallest absolute Gasteiger partial charge is 0.287 e. The van der Waals surface area contributed by atoms with Crippen molar-refractivity contribution < 1.29 is 36.3 Å². The molecule has 2 N–H and O–H groups in total. The highest BCUT2D eigenvalue weighted by atomic mass is 32.2. The summed E-state index contributed by atoms with van der Waals surface area (Å²) in [6, 6.07) is 9.18. The van der Waals surface area contributed by atoms with Crippen molar-refractivity contribution in [3.8, 4) is 5.75 Å². The monoisotopic (exact) mass is 573 g/mol. The minimum Gasteiger partial charge on any atom is -0.497 e. The summed E-state index contributed by atoms with van der Waals surface area (Å²) in [6.07, 6.45) is 0.853. The average molecular weight is 574 g/mol. The molecule has 4 rings (SSSR count). The van der Waals surface area contributed by atoms with Crippen molar-refractivity contribution in [3.05, 3.63) is 60.1 Å². The van der Waals surface area contributed by atoms with E-state index in [1.807, 2.05) is 13.8 Å². The van der Waals surface area contributed by atoms with Crippen molar-refractivity contribution >= 4 is 38.6 Å². The normalized spacial score (nSPS) is 17.4. The van der Waals surface area contributed by atoms with E-state index in [1.54, 1.807) is 24.3 Å². The highest BCUT2D eigenvalue weighted by Crippen LogP contribution is 2.25. The van der Waals surface area contributed by atoms with Gasteiger partial charge in [0.1, 0.15) is 23.2 Å². The molecule has 0 aliphatic carbocycles. The molecule has 0 radical (unpaired) electrons. The number of amides is 2. The van der Waals surface area contributed by atoms with E-state index in [0.29, 0.717) is 29.6 Å². The number of hydrogen-bond acceptors (Lipinski definition) is 7. The fourth-order valence-corrected chi connectivity index (χ4v) is 6.02. The minimum absolute atomic E-state index is 0.0250. The molecule has 0 bridgehead atoms. The maximum absolute atomic E-state index is 13.3. The van der Waals surface area contributed by atoms with Gasteiger partial charge in [0.15, 0.2) is 11.5 Å². The van der Waals surface area contributed by atoms with Crippen LogP contribution in [-0.4, -0.2) is 62.6 Å². The van der Waals surface area contributed by atoms with Gasteiger partial charge in [-0.1, -0.05) is 13.8 Å². The van der Waals surface area contributed by atoms with Crippen LogP contribution in [0, 0.1) is 11.7 Å². The van der Waals surface area contributed by atoms with E-state index in [9.17, 15) is 27.2 Å². The molecule has 2 aromatic carbocycles. The Morgan fingerprint density at radius 3 is 2.55 bits per heavy atom. The SMILES string of the molecule is COc1ccc2oc(C(=O)NC(CC(C)C)C(=O)N[C@H]3CCCN(S(=O)(=O)c4ccc(F)cc4)CC3=O)cc2c1. The Morgan fingerprint density at radius 1 is 1.15 bits per heavy atom. The molecule has 12 heteroatoms. The summed E-state index contributed by atoms with van der Waals surface area (Å²) in [5, 5.41) is 6.08. The van der Waals surface area contributed by atoms with Crippen LogP contribution < -0.4 is 15.4 Å². The van der Waals surface area contributed by atoms with Gasteiger partial charge in [-0.3, -0.25) is 14.4 Å². The first-order chi connectivity index (χ1) is 19.0. The van der Waals surface area contributed by atoms with Crippen molar-refractivity contribution in [2.24, 2.45) is 5.92 Å². The third-order valence-electron chi connectivity index (χ3n) is 6.67. The molecule has 1 aromatic heterocycles. The number of carbonyl (C=O) groups excluding carboxylic acids is 3. The third-order valence-corrected chi connectivity index (χ3v) is 8.52. The zero-order chi connectivity index (χ0) is 29.0. The van der Waals surface area contributed by atoms with Crippen molar-refractivity contribution in [2.45, 2.75) is 50.1 Å². The number of fused-ring (bicyclic) bond motifs is 1. The number of Topliss-reactive ketones (excluding diaryl/α,β-unsaturated/α-hetero) is 1. The van der Waals surface area contributed by atoms with Crippen LogP contribution in [0.5, 0.6) is 5.75 Å². The Bertz CT molecular complexity index is 1500. The molecule has 40 heavy (non-hydrogen) atoms. The van der Waals surface area contributed by atoms with Crippen LogP contribution in [0.4, 0.5) is 4.39 Å². The van der Waals surface area contributed by atoms with Crippen LogP contribution in [0.2, 0.25) is 0 Å². The molecule has 0 saturated carbocycles. The number of sulfonamides is 1. The summed E-state index contributed by atoms with van der Waals surface area (Å²) < 4.78 is 51.2. The number of nitrogens with one attached hydrogen (secondary N) is 2. The van der Waals surface area contributed by atoms with Crippen molar-refractivity contribution in [3.63, 3.8) is 0 Å². The molecule has 1 unspecified atom stereocenters. The summed E-state index contributed by atoms with van der Waals surface area (Å²) in [5.74, 6) is -1.51. The van der Waals surface area contributed by atoms with Crippen LogP contribution in [0.25, 0.3) is 11.0 Å². The lowest BCUT2D eigenvalue weighted by molar-refractivity contribution is -0.129. The van der Waals surface area contributed by atoms with Gasteiger partial charge in [-0.15, -0.1) is 0 Å². The van der Waals surface area contributed by atoms with Gasteiger partial charge in [0.25, 0.3) is 5.91 Å². The van der Waals surface area contributed by atoms with E-state index in [0.717, 1.165) is 28.6 Å². The van der Waals surface area contributed by atoms with Gasteiger partial charge in [0.05, 0.1) is 24.6 Å². The standard InChI is InChI=1S/C28H32FN3O7S/c1-17(2)13-23(31-28(35)26-15-18-14-20(38-3)8-11-25(18)39-26)27(34)30-22-5-4-12-32(16-24(22)33)40(36,37)21-9-6-19(29)7-10-21/h6-11,14-15,17,22-23H,4-5,12-13,16H2,1-3H3,(H,30,34)(H,31,35)/t22-,23?/m0/s1. The zero-order valence-corrected chi connectivity index (χ0v) is 23.3. The highest BCUT2D eigenvalue weighted by molar-refractivity contribution is 7.89. The fraction of sp³-hybridized carbons (Fsp3) is 0.393. The van der Waals surface area contributed by atoms with Crippen molar-refractivity contribution in [1.82, 2.24) is 14.9 Å². The van der Waals surface area contributed by atoms with Crippen molar-refractivity contribution in [1.29, 1.82) is 0 Å². The molecule has 2 atom stereocenters. The summed E-state index contributed by atoms with van der Waals surface area (Å²) in [4.78, 5) is 39.2. The maximum Gasteiger partial charge on any atom is 0.287 e. The van der Waals surface area contributed by atoms with E-state index in [2.05, 4.69) is 10.6 Å². The number of hydrogen-bond donors (Lipinski definition) is 2. The topological polar surface area (TPSA) is 135 Å². The number of ketones is 1. The first-order valence-electron chi connectivity index (χ1n) is 12.9. The van der Waals surface area contributed by atoms with Gasteiger partial charge in [-0.25, -0.2) is 12.8 Å². The minimum atomic E-state index is -4.02. The lowest BCUT2D eigenvalue weighted by Gasteiger charge is -2.23. The van der Waals surface area contributed by atoms with E-state index in [4.69, 9.17) is 9.15 Å². The molecule has 1 saturated heterocycles. The van der Waals surface area contributed by atoms with Crippen LogP contribution in [0.1, 0.15) is 43.7 Å². The second kappa shape index (κ2) is 12.2. The van der Waals surface area contributed by atoms with Gasteiger partial charge < -0.3 is 19.8 Å². The molecule has 1 aliphatic heterocycles. The summed E-state index contributed by atoms with van der Waals surface area (Å²) in [5.41, 5.74) is 0.486. The fourth-order valence-electron chi connectivity index (χ4n) is 4.57. The second-order valence-corrected chi connectivity index (χ2v) is 12.1. The molecule has 1 aliphatic rings. The lowest BCUT2D eigenvalue weighted by Crippen LogP contribution is -2.52. The maximum atomic E-state index is 13.3. The highest BCUT2D eigenvalue weighted by Gasteiger charge is 2.34. The number of carbonyl (C=O) groups is 3. The molecule has 0 spiro atoms. The largest absolute Gasteiger partial charge is 0.497 e. The molecule has 2 heterocycles. The first-order valence-corrected chi connectivity index (χ1v) is 14.4. The number of nitrogens with zero attached hydrogens (tertiary/aromatic N) is 1. The Kier molecular flexibility index (Phi) is 8.89. The van der Waals surface area contributed by atoms with Crippen LogP contribution in [0.3, 0.4) is 0 Å². The number of halogens is 1. The Hall–Kier alpha value is -3.77. The second-order valence-electron chi connectivity index (χ2n) is 10.1. The van der Waals surface area contributed by atoms with Gasteiger partial charge in [0, 0.05) is 11.9 Å². The van der Waals surface area contributed by atoms with E-state index >= 15 is 0 Å². The van der Waals surface area contributed by atoms with Crippen LogP contribution >= 0.6 is 0 Å². The van der Waals surface area contributed by atoms with Gasteiger partial charge in [0.2, 0.25) is 15.9 Å². The predicted molar refractivity (Wildman–Crippen MR) is 145 cm³/mol. The van der Waals surface area contributed by atoms with Crippen LogP contribution in [0.15, 0.2) is 57.8 Å². The number of methoxy groups -OCH3 is 1. The molecule has 3 aromatic rings. The third kappa shape index (κ3) is 6.68. The predicted octanol–water partition coefficient (Wildman–Crippen LogP) is 3.26. The average Bonchev–Trinajstić information content (AvgIpc) is 3.25. The molecule has 10 nitrogen and oxygen atoms in total. The van der Waals surface area contributed by atoms with E-state index < -0.39 is 52.1 Å². The number of rotatable bonds is 9. The quantitative estimate of drug-likeness (QED) is 0.401. The molecule has 2 amide bonds. The summed E-state index contributed by atoms with van der Waals surface area (Å²) >= 11 is 0. The molecule has 1 fully saturated rings. The number of benzene rings is 2. The molecule has 214 valence electrons. The number of ether oxygens (including phenoxy) is 1.